The highest BCUT2D eigenvalue weighted by atomic mass is 35.5. The molecule has 1 aromatic carbocycles. The van der Waals surface area contributed by atoms with Crippen molar-refractivity contribution in [2.75, 3.05) is 6.61 Å². The molecular weight excluding hydrogens is 244 g/mol. The van der Waals surface area contributed by atoms with E-state index >= 15 is 0 Å². The Morgan fingerprint density at radius 3 is 2.76 bits per heavy atom. The van der Waals surface area contributed by atoms with Crippen LogP contribution < -0.4 is 0 Å². The molecule has 1 rings (SSSR count). The van der Waals surface area contributed by atoms with Crippen LogP contribution in [0, 0.1) is 0 Å². The van der Waals surface area contributed by atoms with Crippen molar-refractivity contribution in [3.05, 3.63) is 40.9 Å². The van der Waals surface area contributed by atoms with Gasteiger partial charge >= 0.3 is 5.97 Å². The number of hydrogen-bond acceptors (Lipinski definition) is 4. The van der Waals surface area contributed by atoms with Gasteiger partial charge in [-0.15, -0.1) is 0 Å². The van der Waals surface area contributed by atoms with E-state index in [1.165, 1.54) is 6.07 Å². The van der Waals surface area contributed by atoms with Gasteiger partial charge in [-0.05, 0) is 19.1 Å². The maximum Gasteiger partial charge on any atom is 0.379 e. The summed E-state index contributed by atoms with van der Waals surface area (Å²) < 4.78 is 4.49. The number of ether oxygens (including phenoxy) is 1. The van der Waals surface area contributed by atoms with Crippen LogP contribution in [0.15, 0.2) is 30.3 Å². The highest BCUT2D eigenvalue weighted by Gasteiger charge is 2.13. The van der Waals surface area contributed by atoms with Crippen LogP contribution in [-0.2, 0) is 14.3 Å². The zero-order valence-electron chi connectivity index (χ0n) is 9.14. The van der Waals surface area contributed by atoms with Gasteiger partial charge in [0.2, 0.25) is 0 Å². The average molecular weight is 255 g/mol. The molecule has 4 nitrogen and oxygen atoms in total. The molecule has 0 bridgehead atoms. The SMILES string of the molecule is CCOC(=O)C(=O)/C=C(\O)c1cccc(Cl)c1. The van der Waals surface area contributed by atoms with Gasteiger partial charge < -0.3 is 9.84 Å². The van der Waals surface area contributed by atoms with E-state index in [0.29, 0.717) is 10.6 Å². The lowest BCUT2D eigenvalue weighted by atomic mass is 10.1. The Morgan fingerprint density at radius 1 is 1.47 bits per heavy atom. The second-order valence-electron chi connectivity index (χ2n) is 3.12. The zero-order chi connectivity index (χ0) is 12.8. The van der Waals surface area contributed by atoms with Crippen LogP contribution in [0.4, 0.5) is 0 Å². The minimum absolute atomic E-state index is 0.107. The van der Waals surface area contributed by atoms with E-state index in [1.807, 2.05) is 0 Å². The Balaban J connectivity index is 2.86. The van der Waals surface area contributed by atoms with Crippen LogP contribution in [0.5, 0.6) is 0 Å². The van der Waals surface area contributed by atoms with E-state index in [9.17, 15) is 14.7 Å². The molecule has 0 aromatic heterocycles. The van der Waals surface area contributed by atoms with E-state index in [0.717, 1.165) is 6.08 Å². The summed E-state index contributed by atoms with van der Waals surface area (Å²) in [5.74, 6) is -2.24. The molecule has 0 aliphatic heterocycles. The third kappa shape index (κ3) is 3.92. The molecule has 0 amide bonds. The van der Waals surface area contributed by atoms with Crippen LogP contribution in [0.25, 0.3) is 5.76 Å². The van der Waals surface area contributed by atoms with Gasteiger partial charge in [-0.2, -0.15) is 0 Å². The van der Waals surface area contributed by atoms with Gasteiger partial charge in [-0.25, -0.2) is 4.79 Å². The van der Waals surface area contributed by atoms with Crippen molar-refractivity contribution in [1.29, 1.82) is 0 Å². The second-order valence-corrected chi connectivity index (χ2v) is 3.56. The van der Waals surface area contributed by atoms with Gasteiger partial charge in [0.1, 0.15) is 5.76 Å². The van der Waals surface area contributed by atoms with Crippen molar-refractivity contribution >= 4 is 29.1 Å². The lowest BCUT2D eigenvalue weighted by Crippen LogP contribution is -2.15. The van der Waals surface area contributed by atoms with E-state index in [2.05, 4.69) is 4.74 Å². The first kappa shape index (κ1) is 13.3. The maximum absolute atomic E-state index is 11.3. The molecule has 0 spiro atoms. The number of hydrogen-bond donors (Lipinski definition) is 1. The summed E-state index contributed by atoms with van der Waals surface area (Å²) >= 11 is 5.72. The molecule has 0 radical (unpaired) electrons. The number of rotatable bonds is 4. The summed E-state index contributed by atoms with van der Waals surface area (Å²) in [7, 11) is 0. The highest BCUT2D eigenvalue weighted by Crippen LogP contribution is 2.16. The number of benzene rings is 1. The molecule has 0 aliphatic rings. The smallest absolute Gasteiger partial charge is 0.379 e. The number of carbonyl (C=O) groups excluding carboxylic acids is 2. The predicted molar refractivity (Wildman–Crippen MR) is 63.7 cm³/mol. The van der Waals surface area contributed by atoms with E-state index in [1.54, 1.807) is 25.1 Å². The van der Waals surface area contributed by atoms with Crippen molar-refractivity contribution in [2.24, 2.45) is 0 Å². The minimum atomic E-state index is -0.999. The monoisotopic (exact) mass is 254 g/mol. The van der Waals surface area contributed by atoms with E-state index in [-0.39, 0.29) is 12.4 Å². The molecule has 90 valence electrons. The van der Waals surface area contributed by atoms with Crippen LogP contribution >= 0.6 is 11.6 Å². The lowest BCUT2D eigenvalue weighted by molar-refractivity contribution is -0.151. The Hall–Kier alpha value is -1.81. The maximum atomic E-state index is 11.3. The Kier molecular flexibility index (Phi) is 4.72. The standard InChI is InChI=1S/C12H11ClO4/c1-2-17-12(16)11(15)7-10(14)8-4-3-5-9(13)6-8/h3-7,14H,2H2,1H3/b10-7-. The summed E-state index contributed by atoms with van der Waals surface area (Å²) in [5, 5.41) is 10.0. The molecule has 0 fully saturated rings. The van der Waals surface area contributed by atoms with Gasteiger partial charge in [-0.1, -0.05) is 23.7 Å². The van der Waals surface area contributed by atoms with E-state index < -0.39 is 11.8 Å². The number of esters is 1. The average Bonchev–Trinajstić information content (AvgIpc) is 2.29. The van der Waals surface area contributed by atoms with Gasteiger partial charge in [0.05, 0.1) is 6.61 Å². The normalized spacial score (nSPS) is 11.1. The van der Waals surface area contributed by atoms with Crippen molar-refractivity contribution in [3.63, 3.8) is 0 Å². The van der Waals surface area contributed by atoms with Crippen LogP contribution in [0.1, 0.15) is 12.5 Å². The van der Waals surface area contributed by atoms with E-state index in [4.69, 9.17) is 11.6 Å². The molecule has 5 heteroatoms. The molecule has 0 aliphatic carbocycles. The third-order valence-corrected chi connectivity index (χ3v) is 2.10. The summed E-state index contributed by atoms with van der Waals surface area (Å²) in [6.45, 7) is 1.70. The summed E-state index contributed by atoms with van der Waals surface area (Å²) in [6.07, 6.45) is 0.809. The largest absolute Gasteiger partial charge is 0.507 e. The topological polar surface area (TPSA) is 63.6 Å². The fourth-order valence-corrected chi connectivity index (χ4v) is 1.31. The summed E-state index contributed by atoms with van der Waals surface area (Å²) in [6, 6.07) is 6.30. The fourth-order valence-electron chi connectivity index (χ4n) is 1.12. The molecule has 17 heavy (non-hydrogen) atoms. The number of ketones is 1. The minimum Gasteiger partial charge on any atom is -0.507 e. The molecule has 1 N–H and O–H groups in total. The van der Waals surface area contributed by atoms with Gasteiger partial charge in [0, 0.05) is 16.7 Å². The van der Waals surface area contributed by atoms with Crippen molar-refractivity contribution in [1.82, 2.24) is 0 Å². The van der Waals surface area contributed by atoms with Crippen LogP contribution in [-0.4, -0.2) is 23.5 Å². The Morgan fingerprint density at radius 2 is 2.18 bits per heavy atom. The Labute approximate surface area is 103 Å². The molecule has 0 heterocycles. The lowest BCUT2D eigenvalue weighted by Gasteiger charge is -2.01. The molecular formula is C12H11ClO4. The first-order valence-corrected chi connectivity index (χ1v) is 5.30. The van der Waals surface area contributed by atoms with Crippen molar-refractivity contribution < 1.29 is 19.4 Å². The number of aliphatic hydroxyl groups excluding tert-OH is 1. The molecule has 0 saturated heterocycles. The number of halogens is 1. The van der Waals surface area contributed by atoms with Crippen LogP contribution in [0.2, 0.25) is 5.02 Å². The predicted octanol–water partition coefficient (Wildman–Crippen LogP) is 2.37. The molecule has 1 aromatic rings. The van der Waals surface area contributed by atoms with Crippen LogP contribution in [0.3, 0.4) is 0 Å². The third-order valence-electron chi connectivity index (χ3n) is 1.86. The second kappa shape index (κ2) is 6.06. The summed E-state index contributed by atoms with van der Waals surface area (Å²) in [5.41, 5.74) is 0.357. The van der Waals surface area contributed by atoms with Gasteiger partial charge in [-0.3, -0.25) is 4.79 Å². The molecule has 0 atom stereocenters. The van der Waals surface area contributed by atoms with Gasteiger partial charge in [0.25, 0.3) is 5.78 Å². The van der Waals surface area contributed by atoms with Gasteiger partial charge in [0.15, 0.2) is 0 Å². The number of aliphatic hydroxyl groups is 1. The molecule has 0 unspecified atom stereocenters. The first-order chi connectivity index (χ1) is 8.04. The molecule has 0 saturated carbocycles. The first-order valence-electron chi connectivity index (χ1n) is 4.92. The van der Waals surface area contributed by atoms with Crippen molar-refractivity contribution in [3.8, 4) is 0 Å². The summed E-state index contributed by atoms with van der Waals surface area (Å²) in [4.78, 5) is 22.3. The number of carbonyl (C=O) groups is 2. The highest BCUT2D eigenvalue weighted by molar-refractivity contribution is 6.39. The van der Waals surface area contributed by atoms with Crippen molar-refractivity contribution in [2.45, 2.75) is 6.92 Å². The zero-order valence-corrected chi connectivity index (χ0v) is 9.90. The fraction of sp³-hybridized carbons (Fsp3) is 0.167. The Bertz CT molecular complexity index is 465. The quantitative estimate of drug-likeness (QED) is 0.388.